The highest BCUT2D eigenvalue weighted by molar-refractivity contribution is 5.90. The van der Waals surface area contributed by atoms with Gasteiger partial charge in [-0.25, -0.2) is 0 Å². The zero-order valence-electron chi connectivity index (χ0n) is 7.93. The van der Waals surface area contributed by atoms with E-state index in [1.807, 2.05) is 6.07 Å². The highest BCUT2D eigenvalue weighted by Gasteiger charge is 2.20. The topological polar surface area (TPSA) is 98.6 Å². The van der Waals surface area contributed by atoms with Gasteiger partial charge in [0.05, 0.1) is 12.5 Å². The van der Waals surface area contributed by atoms with Crippen LogP contribution in [-0.4, -0.2) is 44.5 Å². The molecule has 0 radical (unpaired) electrons. The van der Waals surface area contributed by atoms with Crippen molar-refractivity contribution >= 4 is 5.91 Å². The quantitative estimate of drug-likeness (QED) is 0.704. The van der Waals surface area contributed by atoms with Crippen LogP contribution in [0.15, 0.2) is 0 Å². The predicted octanol–water partition coefficient (Wildman–Crippen LogP) is -0.426. The number of hydrogen-bond donors (Lipinski definition) is 1. The number of tetrazole rings is 1. The van der Waals surface area contributed by atoms with E-state index in [-0.39, 0.29) is 24.2 Å². The second-order valence-corrected chi connectivity index (χ2v) is 2.86. The largest absolute Gasteiger partial charge is 0.335 e. The molecule has 0 saturated carbocycles. The van der Waals surface area contributed by atoms with Crippen molar-refractivity contribution in [2.24, 2.45) is 0 Å². The van der Waals surface area contributed by atoms with E-state index in [1.54, 1.807) is 14.0 Å². The number of carbonyl (C=O) groups is 1. The molecule has 7 heteroatoms. The summed E-state index contributed by atoms with van der Waals surface area (Å²) in [6, 6.07) is 1.83. The first-order chi connectivity index (χ1) is 6.66. The van der Waals surface area contributed by atoms with Crippen LogP contribution in [0.2, 0.25) is 0 Å². The Morgan fingerprint density at radius 3 is 3.00 bits per heavy atom. The van der Waals surface area contributed by atoms with E-state index in [0.717, 1.165) is 0 Å². The molecule has 0 bridgehead atoms. The van der Waals surface area contributed by atoms with Gasteiger partial charge in [0.25, 0.3) is 11.7 Å². The van der Waals surface area contributed by atoms with Gasteiger partial charge in [-0.3, -0.25) is 4.79 Å². The Morgan fingerprint density at radius 2 is 2.50 bits per heavy atom. The molecule has 0 spiro atoms. The molecule has 0 fully saturated rings. The summed E-state index contributed by atoms with van der Waals surface area (Å²) in [6.07, 6.45) is 0.278. The van der Waals surface area contributed by atoms with Crippen molar-refractivity contribution in [3.63, 3.8) is 0 Å². The van der Waals surface area contributed by atoms with Crippen molar-refractivity contribution in [3.8, 4) is 6.07 Å². The number of amides is 1. The van der Waals surface area contributed by atoms with Crippen LogP contribution in [0.3, 0.4) is 0 Å². The zero-order chi connectivity index (χ0) is 10.6. The Bertz CT molecular complexity index is 340. The van der Waals surface area contributed by atoms with Crippen LogP contribution in [-0.2, 0) is 0 Å². The van der Waals surface area contributed by atoms with Gasteiger partial charge in [0, 0.05) is 13.1 Å². The maximum Gasteiger partial charge on any atom is 0.295 e. The summed E-state index contributed by atoms with van der Waals surface area (Å²) in [5, 5.41) is 21.1. The Morgan fingerprint density at radius 1 is 1.79 bits per heavy atom. The number of rotatable bonds is 3. The van der Waals surface area contributed by atoms with Crippen molar-refractivity contribution in [1.29, 1.82) is 5.26 Å². The number of aromatic amines is 1. The summed E-state index contributed by atoms with van der Waals surface area (Å²) in [5.41, 5.74) is 0. The Kier molecular flexibility index (Phi) is 3.12. The van der Waals surface area contributed by atoms with Crippen LogP contribution in [0, 0.1) is 11.3 Å². The van der Waals surface area contributed by atoms with Crippen LogP contribution in [0.4, 0.5) is 0 Å². The van der Waals surface area contributed by atoms with Gasteiger partial charge in [-0.2, -0.15) is 10.5 Å². The average Bonchev–Trinajstić information content (AvgIpc) is 2.68. The molecule has 1 N–H and O–H groups in total. The lowest BCUT2D eigenvalue weighted by Gasteiger charge is -2.20. The Hall–Kier alpha value is -1.97. The first-order valence-electron chi connectivity index (χ1n) is 4.04. The van der Waals surface area contributed by atoms with Gasteiger partial charge >= 0.3 is 0 Å². The van der Waals surface area contributed by atoms with Gasteiger partial charge in [-0.15, -0.1) is 10.2 Å². The molecular weight excluding hydrogens is 184 g/mol. The second-order valence-electron chi connectivity index (χ2n) is 2.86. The summed E-state index contributed by atoms with van der Waals surface area (Å²) in [7, 11) is 1.60. The van der Waals surface area contributed by atoms with E-state index in [2.05, 4.69) is 20.6 Å². The fraction of sp³-hybridized carbons (Fsp3) is 0.571. The van der Waals surface area contributed by atoms with Gasteiger partial charge in [-0.1, -0.05) is 0 Å². The number of nitrogens with zero attached hydrogens (tertiary/aromatic N) is 5. The lowest BCUT2D eigenvalue weighted by molar-refractivity contribution is 0.0734. The molecule has 1 unspecified atom stereocenters. The van der Waals surface area contributed by atoms with Crippen LogP contribution in [0.1, 0.15) is 24.0 Å². The number of nitrogens with one attached hydrogen (secondary N) is 1. The third kappa shape index (κ3) is 2.04. The van der Waals surface area contributed by atoms with Crippen molar-refractivity contribution in [2.75, 3.05) is 7.05 Å². The molecule has 0 aromatic carbocycles. The minimum atomic E-state index is -0.346. The van der Waals surface area contributed by atoms with Crippen molar-refractivity contribution in [3.05, 3.63) is 5.82 Å². The SMILES string of the molecule is CC(CC#N)N(C)C(=O)c1nn[nH]n1. The number of nitriles is 1. The predicted molar refractivity (Wildman–Crippen MR) is 46.0 cm³/mol. The van der Waals surface area contributed by atoms with Gasteiger partial charge in [0.15, 0.2) is 0 Å². The molecular formula is C7H10N6O. The number of H-pyrrole nitrogens is 1. The molecule has 1 aromatic rings. The molecule has 0 aliphatic rings. The maximum atomic E-state index is 11.6. The molecule has 14 heavy (non-hydrogen) atoms. The van der Waals surface area contributed by atoms with E-state index < -0.39 is 0 Å². The summed E-state index contributed by atoms with van der Waals surface area (Å²) >= 11 is 0. The van der Waals surface area contributed by atoms with Crippen molar-refractivity contribution in [2.45, 2.75) is 19.4 Å². The first-order valence-corrected chi connectivity index (χ1v) is 4.04. The third-order valence-electron chi connectivity index (χ3n) is 1.90. The van der Waals surface area contributed by atoms with E-state index in [9.17, 15) is 4.79 Å². The normalized spacial score (nSPS) is 11.8. The molecule has 1 atom stereocenters. The van der Waals surface area contributed by atoms with Gasteiger partial charge in [0.2, 0.25) is 0 Å². The van der Waals surface area contributed by atoms with Crippen molar-refractivity contribution < 1.29 is 4.79 Å². The zero-order valence-corrected chi connectivity index (χ0v) is 7.93. The highest BCUT2D eigenvalue weighted by Crippen LogP contribution is 2.03. The second kappa shape index (κ2) is 4.32. The average molecular weight is 194 g/mol. The van der Waals surface area contributed by atoms with Gasteiger partial charge in [0.1, 0.15) is 0 Å². The Labute approximate surface area is 80.7 Å². The van der Waals surface area contributed by atoms with E-state index in [1.165, 1.54) is 4.90 Å². The number of carbonyl (C=O) groups excluding carboxylic acids is 1. The summed E-state index contributed by atoms with van der Waals surface area (Å²) in [5.74, 6) is -0.334. The molecule has 1 aromatic heterocycles. The smallest absolute Gasteiger partial charge is 0.295 e. The van der Waals surface area contributed by atoms with Crippen LogP contribution in [0.5, 0.6) is 0 Å². The fourth-order valence-electron chi connectivity index (χ4n) is 0.879. The van der Waals surface area contributed by atoms with Crippen LogP contribution >= 0.6 is 0 Å². The standard InChI is InChI=1S/C7H10N6O/c1-5(3-4-8)13(2)7(14)6-9-11-12-10-6/h5H,3H2,1-2H3,(H,9,10,11,12). The van der Waals surface area contributed by atoms with Crippen LogP contribution < -0.4 is 0 Å². The minimum Gasteiger partial charge on any atom is -0.335 e. The number of hydrogen-bond acceptors (Lipinski definition) is 5. The molecule has 1 amide bonds. The fourth-order valence-corrected chi connectivity index (χ4v) is 0.879. The summed E-state index contributed by atoms with van der Waals surface area (Å²) in [4.78, 5) is 13.0. The third-order valence-corrected chi connectivity index (χ3v) is 1.90. The molecule has 7 nitrogen and oxygen atoms in total. The van der Waals surface area contributed by atoms with Gasteiger partial charge < -0.3 is 4.90 Å². The molecule has 0 saturated heterocycles. The molecule has 1 heterocycles. The molecule has 0 aliphatic carbocycles. The van der Waals surface area contributed by atoms with E-state index in [4.69, 9.17) is 5.26 Å². The van der Waals surface area contributed by atoms with Gasteiger partial charge in [-0.05, 0) is 12.1 Å². The summed E-state index contributed by atoms with van der Waals surface area (Å²) < 4.78 is 0. The van der Waals surface area contributed by atoms with Crippen molar-refractivity contribution in [1.82, 2.24) is 25.5 Å². The van der Waals surface area contributed by atoms with Crippen LogP contribution in [0.25, 0.3) is 0 Å². The minimum absolute atomic E-state index is 0.0114. The van der Waals surface area contributed by atoms with E-state index in [0.29, 0.717) is 0 Å². The highest BCUT2D eigenvalue weighted by atomic mass is 16.2. The summed E-state index contributed by atoms with van der Waals surface area (Å²) in [6.45, 7) is 1.78. The molecule has 74 valence electrons. The lowest BCUT2D eigenvalue weighted by Crippen LogP contribution is -2.35. The lowest BCUT2D eigenvalue weighted by atomic mass is 10.2. The van der Waals surface area contributed by atoms with E-state index >= 15 is 0 Å². The molecule has 0 aliphatic heterocycles. The maximum absolute atomic E-state index is 11.6. The molecule has 1 rings (SSSR count). The number of aromatic nitrogens is 4. The monoisotopic (exact) mass is 194 g/mol. The first kappa shape index (κ1) is 10.1. The Balaban J connectivity index is 2.67.